The second-order valence-corrected chi connectivity index (χ2v) is 4.15. The smallest absolute Gasteiger partial charge is 0.338 e. The fourth-order valence-electron chi connectivity index (χ4n) is 1.48. The van der Waals surface area contributed by atoms with Gasteiger partial charge in [-0.3, -0.25) is 14.3 Å². The number of hydrogen-bond donors (Lipinski definition) is 1. The Morgan fingerprint density at radius 3 is 2.53 bits per heavy atom. The van der Waals surface area contributed by atoms with Gasteiger partial charge in [0.15, 0.2) is 0 Å². The quantitative estimate of drug-likeness (QED) is 0.372. The maximum atomic E-state index is 11.3. The van der Waals surface area contributed by atoms with E-state index in [-0.39, 0.29) is 11.1 Å². The van der Waals surface area contributed by atoms with Crippen LogP contribution in [0.4, 0.5) is 5.69 Å². The second kappa shape index (κ2) is 6.25. The average molecular weight is 289 g/mol. The Bertz CT molecular complexity index is 573. The Hall–Kier alpha value is -2.00. The third-order valence-corrected chi connectivity index (χ3v) is 2.82. The van der Waals surface area contributed by atoms with Crippen LogP contribution < -0.4 is 0 Å². The lowest BCUT2D eigenvalue weighted by atomic mass is 10.1. The predicted octanol–water partition coefficient (Wildman–Crippen LogP) is 0.985. The van der Waals surface area contributed by atoms with Crippen molar-refractivity contribution in [2.24, 2.45) is 0 Å². The Kier molecular flexibility index (Phi) is 4.95. The summed E-state index contributed by atoms with van der Waals surface area (Å²) in [4.78, 5) is 21.5. The van der Waals surface area contributed by atoms with Crippen LogP contribution in [-0.4, -0.2) is 26.4 Å². The average Bonchev–Trinajstić information content (AvgIpc) is 2.36. The topological polar surface area (TPSA) is 113 Å². The largest absolute Gasteiger partial charge is 0.465 e. The van der Waals surface area contributed by atoms with Crippen molar-refractivity contribution in [1.82, 2.24) is 0 Å². The van der Waals surface area contributed by atoms with Crippen molar-refractivity contribution in [3.05, 3.63) is 39.4 Å². The summed E-state index contributed by atoms with van der Waals surface area (Å²) in [5, 5.41) is 10.9. The number of benzene rings is 1. The minimum Gasteiger partial charge on any atom is -0.465 e. The van der Waals surface area contributed by atoms with E-state index in [1.807, 2.05) is 0 Å². The normalized spacial score (nSPS) is 12.2. The number of carbonyl (C=O) groups excluding carboxylic acids is 1. The number of esters is 1. The van der Waals surface area contributed by atoms with Crippen molar-refractivity contribution in [3.8, 4) is 0 Å². The molecular formula is C10H11NO7S. The number of carbonyl (C=O) groups is 1. The molecule has 1 aromatic carbocycles. The van der Waals surface area contributed by atoms with Gasteiger partial charge in [0.2, 0.25) is 0 Å². The maximum absolute atomic E-state index is 11.3. The molecule has 1 atom stereocenters. The minimum absolute atomic E-state index is 0.00309. The van der Waals surface area contributed by atoms with E-state index in [0.717, 1.165) is 13.2 Å². The Labute approximate surface area is 110 Å². The number of rotatable bonds is 5. The second-order valence-electron chi connectivity index (χ2n) is 3.49. The van der Waals surface area contributed by atoms with Gasteiger partial charge in [-0.25, -0.2) is 13.2 Å². The third-order valence-electron chi connectivity index (χ3n) is 2.33. The van der Waals surface area contributed by atoms with Crippen molar-refractivity contribution in [3.63, 3.8) is 0 Å². The van der Waals surface area contributed by atoms with Crippen LogP contribution >= 0.6 is 0 Å². The van der Waals surface area contributed by atoms with Gasteiger partial charge in [0, 0.05) is 6.07 Å². The minimum atomic E-state index is -3.13. The van der Waals surface area contributed by atoms with Crippen LogP contribution in [0.5, 0.6) is 0 Å². The van der Waals surface area contributed by atoms with E-state index in [9.17, 15) is 23.3 Å². The molecule has 104 valence electrons. The van der Waals surface area contributed by atoms with Crippen molar-refractivity contribution in [1.29, 1.82) is 0 Å². The molecule has 0 radical (unpaired) electrons. The number of hydrogen-bond acceptors (Lipinski definition) is 7. The molecule has 1 aromatic rings. The highest BCUT2D eigenvalue weighted by Crippen LogP contribution is 2.28. The van der Waals surface area contributed by atoms with Gasteiger partial charge < -0.3 is 4.74 Å². The van der Waals surface area contributed by atoms with E-state index < -0.39 is 33.7 Å². The molecule has 8 nitrogen and oxygen atoms in total. The first-order valence-corrected chi connectivity index (χ1v) is 6.14. The lowest BCUT2D eigenvalue weighted by molar-refractivity contribution is -0.386. The number of nitrogens with zero attached hydrogens (tertiary/aromatic N) is 1. The number of nitro groups is 1. The van der Waals surface area contributed by atoms with Gasteiger partial charge in [-0.2, -0.15) is 0 Å². The molecule has 0 bridgehead atoms. The van der Waals surface area contributed by atoms with Crippen molar-refractivity contribution < 1.29 is 27.1 Å². The predicted molar refractivity (Wildman–Crippen MR) is 64.3 cm³/mol. The molecule has 19 heavy (non-hydrogen) atoms. The molecule has 0 heterocycles. The first-order chi connectivity index (χ1) is 8.86. The van der Waals surface area contributed by atoms with E-state index in [2.05, 4.69) is 8.92 Å². The van der Waals surface area contributed by atoms with Gasteiger partial charge in [-0.05, 0) is 19.1 Å². The summed E-state index contributed by atoms with van der Waals surface area (Å²) in [6.45, 7) is 1.35. The van der Waals surface area contributed by atoms with Gasteiger partial charge in [0.1, 0.15) is 6.10 Å². The zero-order chi connectivity index (χ0) is 14.6. The first kappa shape index (κ1) is 15.1. The number of ether oxygens (including phenoxy) is 1. The standard InChI is InChI=1S/C10H11NO7S/c1-6(18-19(15)16)8-4-3-7(10(12)17-2)5-9(8)11(13)14/h3-6,19H,1-2H3. The highest BCUT2D eigenvalue weighted by molar-refractivity contribution is 7.67. The molecule has 9 heteroatoms. The van der Waals surface area contributed by atoms with Crippen LogP contribution in [0.1, 0.15) is 28.9 Å². The Morgan fingerprint density at radius 2 is 2.05 bits per heavy atom. The molecule has 0 N–H and O–H groups in total. The maximum Gasteiger partial charge on any atom is 0.338 e. The summed E-state index contributed by atoms with van der Waals surface area (Å²) in [6, 6.07) is 3.57. The van der Waals surface area contributed by atoms with Crippen LogP contribution in [-0.2, 0) is 19.9 Å². The highest BCUT2D eigenvalue weighted by Gasteiger charge is 2.22. The van der Waals surface area contributed by atoms with Crippen LogP contribution in [0.15, 0.2) is 18.2 Å². The number of thiol groups is 1. The van der Waals surface area contributed by atoms with E-state index in [1.54, 1.807) is 0 Å². The zero-order valence-electron chi connectivity index (χ0n) is 10.1. The Morgan fingerprint density at radius 1 is 1.42 bits per heavy atom. The molecular weight excluding hydrogens is 278 g/mol. The van der Waals surface area contributed by atoms with Crippen molar-refractivity contribution >= 4 is 22.6 Å². The fraction of sp³-hybridized carbons (Fsp3) is 0.300. The van der Waals surface area contributed by atoms with Crippen LogP contribution in [0.3, 0.4) is 0 Å². The summed E-state index contributed by atoms with van der Waals surface area (Å²) in [5.74, 6) is -0.724. The van der Waals surface area contributed by atoms with Gasteiger partial charge in [-0.1, -0.05) is 0 Å². The lowest BCUT2D eigenvalue weighted by Crippen LogP contribution is -2.07. The molecule has 0 aromatic heterocycles. The molecule has 0 aliphatic carbocycles. The molecule has 0 amide bonds. The molecule has 0 spiro atoms. The van der Waals surface area contributed by atoms with E-state index in [4.69, 9.17) is 0 Å². The Balaban J connectivity index is 3.25. The van der Waals surface area contributed by atoms with E-state index in [0.29, 0.717) is 0 Å². The summed E-state index contributed by atoms with van der Waals surface area (Å²) in [6.07, 6.45) is -1.02. The molecule has 1 unspecified atom stereocenters. The molecule has 0 fully saturated rings. The monoisotopic (exact) mass is 289 g/mol. The summed E-state index contributed by atoms with van der Waals surface area (Å²) in [7, 11) is -1.98. The molecule has 0 saturated carbocycles. The van der Waals surface area contributed by atoms with E-state index in [1.165, 1.54) is 19.1 Å². The summed E-state index contributed by atoms with van der Waals surface area (Å²) >= 11 is 0. The summed E-state index contributed by atoms with van der Waals surface area (Å²) < 4.78 is 29.8. The molecule has 1 rings (SSSR count). The first-order valence-electron chi connectivity index (χ1n) is 5.04. The molecule has 0 aliphatic heterocycles. The van der Waals surface area contributed by atoms with Gasteiger partial charge in [-0.15, -0.1) is 0 Å². The van der Waals surface area contributed by atoms with Crippen LogP contribution in [0, 0.1) is 10.1 Å². The van der Waals surface area contributed by atoms with Gasteiger partial charge in [0.25, 0.3) is 16.7 Å². The van der Waals surface area contributed by atoms with Gasteiger partial charge in [0.05, 0.1) is 23.2 Å². The molecule has 0 saturated heterocycles. The lowest BCUT2D eigenvalue weighted by Gasteiger charge is -2.09. The summed E-state index contributed by atoms with van der Waals surface area (Å²) in [5.41, 5.74) is -0.360. The fourth-order valence-corrected chi connectivity index (χ4v) is 1.85. The van der Waals surface area contributed by atoms with Crippen LogP contribution in [0.25, 0.3) is 0 Å². The number of methoxy groups -OCH3 is 1. The number of nitro benzene ring substituents is 1. The highest BCUT2D eigenvalue weighted by atomic mass is 32.2. The van der Waals surface area contributed by atoms with E-state index >= 15 is 0 Å². The van der Waals surface area contributed by atoms with Gasteiger partial charge >= 0.3 is 5.97 Å². The third kappa shape index (κ3) is 3.73. The van der Waals surface area contributed by atoms with Crippen molar-refractivity contribution in [2.45, 2.75) is 13.0 Å². The zero-order valence-corrected chi connectivity index (χ0v) is 11.0. The van der Waals surface area contributed by atoms with Crippen molar-refractivity contribution in [2.75, 3.05) is 7.11 Å². The molecule has 0 aliphatic rings. The van der Waals surface area contributed by atoms with Crippen LogP contribution in [0.2, 0.25) is 0 Å². The SMILES string of the molecule is COC(=O)c1ccc(C(C)O[SH](=O)=O)c([N+](=O)[O-])c1.